The molecule has 94 valence electrons. The quantitative estimate of drug-likeness (QED) is 0.690. The SMILES string of the molecule is O=c1[nH]nc2ccc(N3CC[C@H]4CNC[C@H]43)nn12. The lowest BCUT2D eigenvalue weighted by Crippen LogP contribution is -2.35. The number of aromatic nitrogens is 4. The van der Waals surface area contributed by atoms with E-state index in [1.807, 2.05) is 12.1 Å². The fourth-order valence-corrected chi connectivity index (χ4v) is 3.08. The molecule has 2 aromatic heterocycles. The fourth-order valence-electron chi connectivity index (χ4n) is 3.08. The molecule has 4 heterocycles. The Morgan fingerprint density at radius 1 is 1.33 bits per heavy atom. The van der Waals surface area contributed by atoms with Gasteiger partial charge in [0.1, 0.15) is 5.82 Å². The maximum Gasteiger partial charge on any atom is 0.364 e. The molecule has 2 aliphatic rings. The van der Waals surface area contributed by atoms with E-state index < -0.39 is 0 Å². The molecule has 0 bridgehead atoms. The fraction of sp³-hybridized carbons (Fsp3) is 0.545. The summed E-state index contributed by atoms with van der Waals surface area (Å²) in [6.45, 7) is 3.11. The van der Waals surface area contributed by atoms with Crippen LogP contribution in [0.25, 0.3) is 5.65 Å². The molecule has 7 nitrogen and oxygen atoms in total. The van der Waals surface area contributed by atoms with Gasteiger partial charge in [-0.2, -0.15) is 9.61 Å². The average Bonchev–Trinajstić information content (AvgIpc) is 3.04. The maximum atomic E-state index is 11.5. The molecule has 0 spiro atoms. The van der Waals surface area contributed by atoms with E-state index in [0.29, 0.717) is 17.6 Å². The number of nitrogens with one attached hydrogen (secondary N) is 2. The van der Waals surface area contributed by atoms with Gasteiger partial charge in [-0.1, -0.05) is 0 Å². The van der Waals surface area contributed by atoms with E-state index in [4.69, 9.17) is 0 Å². The Bertz CT molecular complexity index is 646. The number of aromatic amines is 1. The predicted molar refractivity (Wildman–Crippen MR) is 65.7 cm³/mol. The molecule has 2 atom stereocenters. The first kappa shape index (κ1) is 10.1. The Balaban J connectivity index is 1.78. The van der Waals surface area contributed by atoms with Crippen LogP contribution in [0.2, 0.25) is 0 Å². The van der Waals surface area contributed by atoms with E-state index >= 15 is 0 Å². The third-order valence-corrected chi connectivity index (χ3v) is 4.00. The van der Waals surface area contributed by atoms with E-state index in [1.165, 1.54) is 10.9 Å². The van der Waals surface area contributed by atoms with Gasteiger partial charge in [-0.25, -0.2) is 9.89 Å². The van der Waals surface area contributed by atoms with Gasteiger partial charge >= 0.3 is 5.69 Å². The summed E-state index contributed by atoms with van der Waals surface area (Å²) < 4.78 is 1.32. The Hall–Kier alpha value is -1.89. The molecule has 2 fully saturated rings. The van der Waals surface area contributed by atoms with Crippen LogP contribution in [0.5, 0.6) is 0 Å². The second-order valence-corrected chi connectivity index (χ2v) is 4.96. The van der Waals surface area contributed by atoms with Crippen molar-refractivity contribution >= 4 is 11.5 Å². The predicted octanol–water partition coefficient (Wildman–Crippen LogP) is -0.784. The molecule has 2 N–H and O–H groups in total. The summed E-state index contributed by atoms with van der Waals surface area (Å²) in [5.41, 5.74) is 0.274. The van der Waals surface area contributed by atoms with Crippen LogP contribution in [-0.2, 0) is 0 Å². The van der Waals surface area contributed by atoms with Gasteiger partial charge in [0.25, 0.3) is 0 Å². The summed E-state index contributed by atoms with van der Waals surface area (Å²) in [7, 11) is 0. The zero-order valence-corrected chi connectivity index (χ0v) is 9.83. The highest BCUT2D eigenvalue weighted by atomic mass is 16.2. The Morgan fingerprint density at radius 3 is 3.22 bits per heavy atom. The number of rotatable bonds is 1. The summed E-state index contributed by atoms with van der Waals surface area (Å²) >= 11 is 0. The number of hydrogen-bond acceptors (Lipinski definition) is 5. The van der Waals surface area contributed by atoms with Crippen LogP contribution in [0, 0.1) is 5.92 Å². The van der Waals surface area contributed by atoms with Gasteiger partial charge in [0.15, 0.2) is 5.65 Å². The highest BCUT2D eigenvalue weighted by molar-refractivity contribution is 5.47. The maximum absolute atomic E-state index is 11.5. The molecule has 0 aromatic carbocycles. The van der Waals surface area contributed by atoms with Gasteiger partial charge in [0.05, 0.1) is 0 Å². The van der Waals surface area contributed by atoms with Crippen molar-refractivity contribution in [2.75, 3.05) is 24.5 Å². The number of nitrogens with zero attached hydrogens (tertiary/aromatic N) is 4. The molecule has 2 aromatic rings. The van der Waals surface area contributed by atoms with Gasteiger partial charge in [0.2, 0.25) is 0 Å². The van der Waals surface area contributed by atoms with Crippen LogP contribution in [0.1, 0.15) is 6.42 Å². The minimum absolute atomic E-state index is 0.285. The average molecular weight is 246 g/mol. The molecule has 0 aliphatic carbocycles. The van der Waals surface area contributed by atoms with E-state index in [-0.39, 0.29) is 5.69 Å². The molecule has 2 saturated heterocycles. The number of hydrogen-bond donors (Lipinski definition) is 2. The number of H-pyrrole nitrogens is 1. The largest absolute Gasteiger partial charge is 0.364 e. The van der Waals surface area contributed by atoms with Crippen molar-refractivity contribution in [3.8, 4) is 0 Å². The van der Waals surface area contributed by atoms with Crippen molar-refractivity contribution < 1.29 is 0 Å². The molecule has 0 unspecified atom stereocenters. The lowest BCUT2D eigenvalue weighted by molar-refractivity contribution is 0.576. The minimum atomic E-state index is -0.285. The van der Waals surface area contributed by atoms with Crippen molar-refractivity contribution in [1.29, 1.82) is 0 Å². The molecule has 2 aliphatic heterocycles. The first-order valence-corrected chi connectivity index (χ1v) is 6.25. The number of anilines is 1. The Labute approximate surface area is 103 Å². The third kappa shape index (κ3) is 1.30. The summed E-state index contributed by atoms with van der Waals surface area (Å²) in [4.78, 5) is 13.8. The molecule has 0 radical (unpaired) electrons. The van der Waals surface area contributed by atoms with Gasteiger partial charge in [-0.3, -0.25) is 0 Å². The Morgan fingerprint density at radius 2 is 2.28 bits per heavy atom. The van der Waals surface area contributed by atoms with Crippen molar-refractivity contribution in [3.05, 3.63) is 22.6 Å². The number of fused-ring (bicyclic) bond motifs is 2. The van der Waals surface area contributed by atoms with Crippen LogP contribution < -0.4 is 15.9 Å². The first-order chi connectivity index (χ1) is 8.83. The van der Waals surface area contributed by atoms with Crippen LogP contribution >= 0.6 is 0 Å². The van der Waals surface area contributed by atoms with Crippen LogP contribution in [0.3, 0.4) is 0 Å². The second kappa shape index (κ2) is 3.55. The summed E-state index contributed by atoms with van der Waals surface area (Å²) in [6, 6.07) is 4.28. The Kier molecular flexibility index (Phi) is 1.99. The summed E-state index contributed by atoms with van der Waals surface area (Å²) in [5.74, 6) is 1.57. The van der Waals surface area contributed by atoms with Crippen LogP contribution in [0.4, 0.5) is 5.82 Å². The lowest BCUT2D eigenvalue weighted by Gasteiger charge is -2.23. The minimum Gasteiger partial charge on any atom is -0.351 e. The van der Waals surface area contributed by atoms with E-state index in [1.54, 1.807) is 0 Å². The highest BCUT2D eigenvalue weighted by Gasteiger charge is 2.38. The van der Waals surface area contributed by atoms with E-state index in [2.05, 4.69) is 25.5 Å². The van der Waals surface area contributed by atoms with Gasteiger partial charge in [0, 0.05) is 25.7 Å². The van der Waals surface area contributed by atoms with Crippen molar-refractivity contribution in [2.24, 2.45) is 5.92 Å². The third-order valence-electron chi connectivity index (χ3n) is 4.00. The standard InChI is InChI=1S/C11H14N6O/c18-11-14-13-9-1-2-10(15-17(9)11)16-4-3-7-5-12-6-8(7)16/h1-2,7-8,12H,3-6H2,(H,14,18)/t7-,8+/m0/s1. The van der Waals surface area contributed by atoms with Crippen molar-refractivity contribution in [2.45, 2.75) is 12.5 Å². The zero-order valence-electron chi connectivity index (χ0n) is 9.83. The first-order valence-electron chi connectivity index (χ1n) is 6.25. The van der Waals surface area contributed by atoms with Gasteiger partial charge in [-0.05, 0) is 24.5 Å². The lowest BCUT2D eigenvalue weighted by atomic mass is 10.1. The molecule has 0 amide bonds. The molecule has 4 rings (SSSR count). The molecular weight excluding hydrogens is 232 g/mol. The zero-order chi connectivity index (χ0) is 12.1. The van der Waals surface area contributed by atoms with Gasteiger partial charge in [-0.15, -0.1) is 5.10 Å². The smallest absolute Gasteiger partial charge is 0.351 e. The molecule has 7 heteroatoms. The van der Waals surface area contributed by atoms with Crippen molar-refractivity contribution in [3.63, 3.8) is 0 Å². The second-order valence-electron chi connectivity index (χ2n) is 4.96. The molecular formula is C11H14N6O. The van der Waals surface area contributed by atoms with Crippen LogP contribution in [-0.4, -0.2) is 45.5 Å². The van der Waals surface area contributed by atoms with Crippen LogP contribution in [0.15, 0.2) is 16.9 Å². The van der Waals surface area contributed by atoms with Crippen molar-refractivity contribution in [1.82, 2.24) is 25.1 Å². The topological polar surface area (TPSA) is 78.3 Å². The highest BCUT2D eigenvalue weighted by Crippen LogP contribution is 2.30. The molecule has 18 heavy (non-hydrogen) atoms. The normalized spacial score (nSPS) is 27.0. The van der Waals surface area contributed by atoms with E-state index in [0.717, 1.165) is 25.5 Å². The van der Waals surface area contributed by atoms with Gasteiger partial charge < -0.3 is 10.2 Å². The molecule has 0 saturated carbocycles. The monoisotopic (exact) mass is 246 g/mol. The summed E-state index contributed by atoms with van der Waals surface area (Å²) in [6.07, 6.45) is 1.19. The summed E-state index contributed by atoms with van der Waals surface area (Å²) in [5, 5.41) is 14.1. The van der Waals surface area contributed by atoms with E-state index in [9.17, 15) is 4.79 Å².